The minimum atomic E-state index is -3.23. The third kappa shape index (κ3) is 3.50. The fourth-order valence-corrected chi connectivity index (χ4v) is 4.44. The third-order valence-corrected chi connectivity index (χ3v) is 6.59. The maximum Gasteiger partial charge on any atom is 0.235 e. The minimum Gasteiger partial charge on any atom is -0.329 e. The van der Waals surface area contributed by atoms with E-state index >= 15 is 0 Å². The Bertz CT molecular complexity index is 661. The second kappa shape index (κ2) is 6.88. The van der Waals surface area contributed by atoms with Gasteiger partial charge in [0.25, 0.3) is 0 Å². The van der Waals surface area contributed by atoms with Crippen molar-refractivity contribution in [2.75, 3.05) is 28.5 Å². The first-order valence-corrected chi connectivity index (χ1v) is 9.61. The molecule has 0 atom stereocenters. The minimum absolute atomic E-state index is 0.119. The lowest BCUT2D eigenvalue weighted by Crippen LogP contribution is -2.41. The molecule has 0 saturated carbocycles. The van der Waals surface area contributed by atoms with Gasteiger partial charge in [-0.2, -0.15) is 0 Å². The van der Waals surface area contributed by atoms with Crippen molar-refractivity contribution in [2.45, 2.75) is 33.1 Å². The van der Waals surface area contributed by atoms with Crippen LogP contribution >= 0.6 is 0 Å². The average molecular weight is 339 g/mol. The van der Waals surface area contributed by atoms with E-state index in [0.29, 0.717) is 37.2 Å². The van der Waals surface area contributed by atoms with Crippen molar-refractivity contribution in [1.82, 2.24) is 0 Å². The summed E-state index contributed by atoms with van der Waals surface area (Å²) in [6.07, 6.45) is 1.94. The Kier molecular flexibility index (Phi) is 5.31. The molecule has 3 N–H and O–H groups in total. The van der Waals surface area contributed by atoms with E-state index in [2.05, 4.69) is 5.32 Å². The van der Waals surface area contributed by atoms with Crippen LogP contribution in [0.4, 0.5) is 11.4 Å². The normalized spacial score (nSPS) is 17.3. The summed E-state index contributed by atoms with van der Waals surface area (Å²) >= 11 is 0. The van der Waals surface area contributed by atoms with Crippen LogP contribution in [0.1, 0.15) is 33.1 Å². The van der Waals surface area contributed by atoms with Gasteiger partial charge >= 0.3 is 0 Å². The fraction of sp³-hybridized carbons (Fsp3) is 0.562. The summed E-state index contributed by atoms with van der Waals surface area (Å²) in [4.78, 5) is 12.6. The topological polar surface area (TPSA) is 92.5 Å². The van der Waals surface area contributed by atoms with Gasteiger partial charge in [0.1, 0.15) is 0 Å². The van der Waals surface area contributed by atoms with Gasteiger partial charge in [-0.3, -0.25) is 9.10 Å². The van der Waals surface area contributed by atoms with Gasteiger partial charge in [0.2, 0.25) is 15.9 Å². The summed E-state index contributed by atoms with van der Waals surface area (Å²) < 4.78 is 25.4. The molecule has 6 nitrogen and oxygen atoms in total. The Hall–Kier alpha value is -1.60. The number of amides is 1. The molecule has 1 aliphatic heterocycles. The van der Waals surface area contributed by atoms with Gasteiger partial charge in [0.15, 0.2) is 0 Å². The molecule has 1 aromatic carbocycles. The number of sulfonamides is 1. The third-order valence-electron chi connectivity index (χ3n) is 4.72. The number of rotatable bonds is 6. The molecule has 128 valence electrons. The Balaban J connectivity index is 2.22. The van der Waals surface area contributed by atoms with E-state index < -0.39 is 15.4 Å². The van der Waals surface area contributed by atoms with Gasteiger partial charge in [-0.1, -0.05) is 19.9 Å². The standard InChI is InChI=1S/C16H25N3O3S/c1-3-16(4-2,12-17)15(20)18-13-7-5-8-14(11-13)19-9-6-10-23(19,21)22/h5,7-8,11H,3-4,6,9-10,12,17H2,1-2H3,(H,18,20). The number of hydrogen-bond donors (Lipinski definition) is 2. The van der Waals surface area contributed by atoms with E-state index in [-0.39, 0.29) is 18.2 Å². The molecule has 1 aliphatic rings. The van der Waals surface area contributed by atoms with E-state index in [9.17, 15) is 13.2 Å². The molecule has 0 aliphatic carbocycles. The van der Waals surface area contributed by atoms with Gasteiger partial charge in [-0.25, -0.2) is 8.42 Å². The van der Waals surface area contributed by atoms with Crippen LogP contribution in [0.15, 0.2) is 24.3 Å². The molecule has 0 radical (unpaired) electrons. The molecule has 1 fully saturated rings. The van der Waals surface area contributed by atoms with Crippen molar-refractivity contribution in [2.24, 2.45) is 11.1 Å². The van der Waals surface area contributed by atoms with E-state index in [1.165, 1.54) is 4.31 Å². The average Bonchev–Trinajstić information content (AvgIpc) is 2.89. The molecule has 0 spiro atoms. The lowest BCUT2D eigenvalue weighted by atomic mass is 9.81. The Labute approximate surface area is 138 Å². The zero-order valence-corrected chi connectivity index (χ0v) is 14.5. The maximum atomic E-state index is 12.6. The number of nitrogens with one attached hydrogen (secondary N) is 1. The van der Waals surface area contributed by atoms with Crippen LogP contribution in [0.3, 0.4) is 0 Å². The zero-order valence-electron chi connectivity index (χ0n) is 13.7. The second-order valence-corrected chi connectivity index (χ2v) is 7.95. The molecular formula is C16H25N3O3S. The van der Waals surface area contributed by atoms with Crippen LogP contribution in [0.5, 0.6) is 0 Å². The summed E-state index contributed by atoms with van der Waals surface area (Å²) in [5, 5.41) is 2.89. The highest BCUT2D eigenvalue weighted by Gasteiger charge is 2.33. The van der Waals surface area contributed by atoms with Crippen LogP contribution in [0, 0.1) is 5.41 Å². The van der Waals surface area contributed by atoms with Crippen LogP contribution in [0.25, 0.3) is 0 Å². The van der Waals surface area contributed by atoms with Crippen molar-refractivity contribution in [3.8, 4) is 0 Å². The van der Waals surface area contributed by atoms with Gasteiger partial charge < -0.3 is 11.1 Å². The van der Waals surface area contributed by atoms with E-state index in [4.69, 9.17) is 5.73 Å². The van der Waals surface area contributed by atoms with Crippen LogP contribution < -0.4 is 15.4 Å². The van der Waals surface area contributed by atoms with Crippen molar-refractivity contribution in [3.05, 3.63) is 24.3 Å². The Morgan fingerprint density at radius 2 is 2.04 bits per heavy atom. The molecule has 1 aromatic rings. The number of anilines is 2. The number of nitrogens with zero attached hydrogens (tertiary/aromatic N) is 1. The molecule has 1 saturated heterocycles. The number of carbonyl (C=O) groups is 1. The molecule has 0 unspecified atom stereocenters. The summed E-state index contributed by atoms with van der Waals surface area (Å²) in [6.45, 7) is 4.66. The Morgan fingerprint density at radius 1 is 1.35 bits per heavy atom. The van der Waals surface area contributed by atoms with Gasteiger partial charge in [0, 0.05) is 18.8 Å². The summed E-state index contributed by atoms with van der Waals surface area (Å²) in [5.41, 5.74) is 6.39. The van der Waals surface area contributed by atoms with Gasteiger partial charge in [-0.05, 0) is 37.5 Å². The largest absolute Gasteiger partial charge is 0.329 e. The highest BCUT2D eigenvalue weighted by Crippen LogP contribution is 2.29. The Morgan fingerprint density at radius 3 is 2.57 bits per heavy atom. The van der Waals surface area contributed by atoms with Crippen molar-refractivity contribution in [1.29, 1.82) is 0 Å². The monoisotopic (exact) mass is 339 g/mol. The summed E-state index contributed by atoms with van der Waals surface area (Å²) in [6, 6.07) is 6.96. The first-order valence-electron chi connectivity index (χ1n) is 8.00. The van der Waals surface area contributed by atoms with E-state index in [1.54, 1.807) is 24.3 Å². The SMILES string of the molecule is CCC(CC)(CN)C(=O)Nc1cccc(N2CCCS2(=O)=O)c1. The summed E-state index contributed by atoms with van der Waals surface area (Å²) in [7, 11) is -3.23. The molecule has 2 rings (SSSR count). The second-order valence-electron chi connectivity index (χ2n) is 5.94. The summed E-state index contributed by atoms with van der Waals surface area (Å²) in [5.74, 6) is 0.0531. The van der Waals surface area contributed by atoms with Crippen molar-refractivity contribution < 1.29 is 13.2 Å². The predicted molar refractivity (Wildman–Crippen MR) is 92.9 cm³/mol. The quantitative estimate of drug-likeness (QED) is 0.828. The van der Waals surface area contributed by atoms with E-state index in [1.807, 2.05) is 13.8 Å². The number of nitrogens with two attached hydrogens (primary N) is 1. The van der Waals surface area contributed by atoms with Crippen molar-refractivity contribution >= 4 is 27.3 Å². The maximum absolute atomic E-state index is 12.6. The highest BCUT2D eigenvalue weighted by molar-refractivity contribution is 7.93. The zero-order chi connectivity index (χ0) is 17.1. The smallest absolute Gasteiger partial charge is 0.235 e. The lowest BCUT2D eigenvalue weighted by Gasteiger charge is -2.28. The molecule has 1 amide bonds. The van der Waals surface area contributed by atoms with Gasteiger partial charge in [-0.15, -0.1) is 0 Å². The van der Waals surface area contributed by atoms with Crippen LogP contribution in [0.2, 0.25) is 0 Å². The van der Waals surface area contributed by atoms with E-state index in [0.717, 1.165) is 0 Å². The first kappa shape index (κ1) is 17.7. The van der Waals surface area contributed by atoms with Gasteiger partial charge in [0.05, 0.1) is 16.9 Å². The molecule has 7 heteroatoms. The molecule has 23 heavy (non-hydrogen) atoms. The predicted octanol–water partition coefficient (Wildman–Crippen LogP) is 1.93. The van der Waals surface area contributed by atoms with Crippen LogP contribution in [-0.4, -0.2) is 33.2 Å². The van der Waals surface area contributed by atoms with Crippen LogP contribution in [-0.2, 0) is 14.8 Å². The molecular weight excluding hydrogens is 314 g/mol. The lowest BCUT2D eigenvalue weighted by molar-refractivity contribution is -0.125. The molecule has 1 heterocycles. The highest BCUT2D eigenvalue weighted by atomic mass is 32.2. The number of hydrogen-bond acceptors (Lipinski definition) is 4. The molecule has 0 aromatic heterocycles. The first-order chi connectivity index (χ1) is 10.9. The number of benzene rings is 1. The number of carbonyl (C=O) groups excluding carboxylic acids is 1. The molecule has 0 bridgehead atoms. The fourth-order valence-electron chi connectivity index (χ4n) is 2.88. The van der Waals surface area contributed by atoms with Crippen molar-refractivity contribution in [3.63, 3.8) is 0 Å².